The Morgan fingerprint density at radius 1 is 1.38 bits per heavy atom. The number of halogens is 1. The number of nitrogens with zero attached hydrogens (tertiary/aromatic N) is 1. The predicted octanol–water partition coefficient (Wildman–Crippen LogP) is 3.60. The van der Waals surface area contributed by atoms with E-state index in [0.717, 1.165) is 24.8 Å². The van der Waals surface area contributed by atoms with Gasteiger partial charge in [0.1, 0.15) is 11.9 Å². The zero-order chi connectivity index (χ0) is 15.0. The van der Waals surface area contributed by atoms with Gasteiger partial charge in [0.2, 0.25) is 0 Å². The Hall–Kier alpha value is -1.42. The number of hydrogen-bond donors (Lipinski definition) is 1. The highest BCUT2D eigenvalue weighted by Crippen LogP contribution is 2.44. The first-order valence-corrected chi connectivity index (χ1v) is 7.83. The number of carboxylic acids is 1. The molecular formula is C17H22FNO2. The summed E-state index contributed by atoms with van der Waals surface area (Å²) < 4.78 is 13.5. The summed E-state index contributed by atoms with van der Waals surface area (Å²) in [6.07, 6.45) is 5.30. The molecule has 21 heavy (non-hydrogen) atoms. The van der Waals surface area contributed by atoms with Crippen LogP contribution in [-0.2, 0) is 4.79 Å². The molecule has 1 aliphatic heterocycles. The van der Waals surface area contributed by atoms with Crippen molar-refractivity contribution in [2.75, 3.05) is 0 Å². The van der Waals surface area contributed by atoms with Crippen molar-refractivity contribution in [1.82, 2.24) is 4.90 Å². The van der Waals surface area contributed by atoms with E-state index in [1.54, 1.807) is 6.07 Å². The van der Waals surface area contributed by atoms with Crippen molar-refractivity contribution in [3.05, 3.63) is 35.6 Å². The fourth-order valence-electron chi connectivity index (χ4n) is 4.22. The number of aliphatic carboxylic acids is 1. The largest absolute Gasteiger partial charge is 0.480 e. The molecule has 2 aliphatic rings. The molecule has 1 aliphatic carbocycles. The van der Waals surface area contributed by atoms with Crippen LogP contribution in [-0.4, -0.2) is 28.1 Å². The molecular weight excluding hydrogens is 269 g/mol. The highest BCUT2D eigenvalue weighted by atomic mass is 19.1. The van der Waals surface area contributed by atoms with Gasteiger partial charge in [-0.3, -0.25) is 9.69 Å². The molecule has 3 rings (SSSR count). The van der Waals surface area contributed by atoms with E-state index >= 15 is 0 Å². The van der Waals surface area contributed by atoms with E-state index in [4.69, 9.17) is 0 Å². The predicted molar refractivity (Wildman–Crippen MR) is 78.4 cm³/mol. The van der Waals surface area contributed by atoms with Gasteiger partial charge in [0.25, 0.3) is 0 Å². The van der Waals surface area contributed by atoms with Crippen LogP contribution >= 0.6 is 0 Å². The number of likely N-dealkylation sites (tertiary alicyclic amines) is 1. The molecule has 114 valence electrons. The molecule has 0 radical (unpaired) electrons. The molecule has 0 amide bonds. The average Bonchev–Trinajstić information content (AvgIpc) is 2.86. The van der Waals surface area contributed by atoms with Gasteiger partial charge in [-0.2, -0.15) is 0 Å². The fourth-order valence-corrected chi connectivity index (χ4v) is 4.22. The Morgan fingerprint density at radius 2 is 2.14 bits per heavy atom. The van der Waals surface area contributed by atoms with Gasteiger partial charge < -0.3 is 5.11 Å². The first-order chi connectivity index (χ1) is 10.1. The van der Waals surface area contributed by atoms with Crippen molar-refractivity contribution in [1.29, 1.82) is 0 Å². The smallest absolute Gasteiger partial charge is 0.320 e. The van der Waals surface area contributed by atoms with Gasteiger partial charge in [0, 0.05) is 12.1 Å². The SMILES string of the molecule is CC(c1cccc(F)c1)N1C(C(=O)O)CC2CCCCC21. The maximum atomic E-state index is 13.5. The summed E-state index contributed by atoms with van der Waals surface area (Å²) in [4.78, 5) is 13.8. The zero-order valence-corrected chi connectivity index (χ0v) is 12.3. The number of carboxylic acid groups (broad SMARTS) is 1. The van der Waals surface area contributed by atoms with Crippen LogP contribution < -0.4 is 0 Å². The van der Waals surface area contributed by atoms with Gasteiger partial charge in [-0.25, -0.2) is 4.39 Å². The van der Waals surface area contributed by atoms with E-state index in [-0.39, 0.29) is 11.9 Å². The number of benzene rings is 1. The van der Waals surface area contributed by atoms with Crippen molar-refractivity contribution in [3.63, 3.8) is 0 Å². The molecule has 0 bridgehead atoms. The van der Waals surface area contributed by atoms with E-state index < -0.39 is 12.0 Å². The molecule has 4 atom stereocenters. The van der Waals surface area contributed by atoms with E-state index in [2.05, 4.69) is 4.90 Å². The lowest BCUT2D eigenvalue weighted by Gasteiger charge is -2.37. The van der Waals surface area contributed by atoms with Crippen LogP contribution in [0.15, 0.2) is 24.3 Å². The molecule has 4 unspecified atom stereocenters. The summed E-state index contributed by atoms with van der Waals surface area (Å²) in [5.41, 5.74) is 0.868. The number of fused-ring (bicyclic) bond motifs is 1. The minimum absolute atomic E-state index is 0.0603. The minimum Gasteiger partial charge on any atom is -0.480 e. The molecule has 1 aromatic carbocycles. The van der Waals surface area contributed by atoms with Crippen LogP contribution in [0.4, 0.5) is 4.39 Å². The van der Waals surface area contributed by atoms with Gasteiger partial charge in [-0.15, -0.1) is 0 Å². The summed E-state index contributed by atoms with van der Waals surface area (Å²) in [7, 11) is 0. The normalized spacial score (nSPS) is 30.9. The standard InChI is InChI=1S/C17H22FNO2/c1-11(12-6-4-7-14(18)9-12)19-15-8-3-2-5-13(15)10-16(19)17(20)21/h4,6-7,9,11,13,15-16H,2-3,5,8,10H2,1H3,(H,20,21). The molecule has 3 nitrogen and oxygen atoms in total. The minimum atomic E-state index is -0.743. The van der Waals surface area contributed by atoms with Crippen molar-refractivity contribution in [2.24, 2.45) is 5.92 Å². The average molecular weight is 291 g/mol. The van der Waals surface area contributed by atoms with Crippen molar-refractivity contribution >= 4 is 5.97 Å². The third-order valence-corrected chi connectivity index (χ3v) is 5.20. The second-order valence-corrected chi connectivity index (χ2v) is 6.38. The summed E-state index contributed by atoms with van der Waals surface area (Å²) in [5.74, 6) is -0.519. The van der Waals surface area contributed by atoms with Gasteiger partial charge in [-0.1, -0.05) is 25.0 Å². The molecule has 0 aromatic heterocycles. The molecule has 0 spiro atoms. The zero-order valence-electron chi connectivity index (χ0n) is 12.3. The van der Waals surface area contributed by atoms with Crippen LogP contribution in [0, 0.1) is 11.7 Å². The molecule has 2 fully saturated rings. The first-order valence-electron chi connectivity index (χ1n) is 7.83. The first kappa shape index (κ1) is 14.5. The number of rotatable bonds is 3. The van der Waals surface area contributed by atoms with Crippen LogP contribution in [0.2, 0.25) is 0 Å². The maximum absolute atomic E-state index is 13.5. The monoisotopic (exact) mass is 291 g/mol. The molecule has 1 heterocycles. The molecule has 1 aromatic rings. The van der Waals surface area contributed by atoms with E-state index in [1.165, 1.54) is 25.0 Å². The van der Waals surface area contributed by atoms with Crippen LogP contribution in [0.1, 0.15) is 50.6 Å². The van der Waals surface area contributed by atoms with Crippen LogP contribution in [0.5, 0.6) is 0 Å². The van der Waals surface area contributed by atoms with Crippen LogP contribution in [0.25, 0.3) is 0 Å². The molecule has 4 heteroatoms. The maximum Gasteiger partial charge on any atom is 0.320 e. The van der Waals surface area contributed by atoms with Crippen molar-refractivity contribution in [2.45, 2.75) is 57.2 Å². The molecule has 1 saturated carbocycles. The highest BCUT2D eigenvalue weighted by molar-refractivity contribution is 5.74. The van der Waals surface area contributed by atoms with Gasteiger partial charge >= 0.3 is 5.97 Å². The number of carbonyl (C=O) groups is 1. The third kappa shape index (κ3) is 2.69. The fraction of sp³-hybridized carbons (Fsp3) is 0.588. The summed E-state index contributed by atoms with van der Waals surface area (Å²) in [5, 5.41) is 9.57. The van der Waals surface area contributed by atoms with E-state index in [1.807, 2.05) is 13.0 Å². The lowest BCUT2D eigenvalue weighted by molar-refractivity contribution is -0.143. The Bertz CT molecular complexity index is 533. The van der Waals surface area contributed by atoms with Crippen molar-refractivity contribution < 1.29 is 14.3 Å². The third-order valence-electron chi connectivity index (χ3n) is 5.20. The number of hydrogen-bond acceptors (Lipinski definition) is 2. The van der Waals surface area contributed by atoms with E-state index in [9.17, 15) is 14.3 Å². The van der Waals surface area contributed by atoms with Gasteiger partial charge in [0.15, 0.2) is 0 Å². The van der Waals surface area contributed by atoms with Crippen molar-refractivity contribution in [3.8, 4) is 0 Å². The quantitative estimate of drug-likeness (QED) is 0.925. The summed E-state index contributed by atoms with van der Waals surface area (Å²) in [6, 6.07) is 6.39. The Labute approximate surface area is 124 Å². The lowest BCUT2D eigenvalue weighted by Crippen LogP contribution is -2.43. The molecule has 1 N–H and O–H groups in total. The lowest BCUT2D eigenvalue weighted by atomic mass is 9.84. The highest BCUT2D eigenvalue weighted by Gasteiger charge is 2.47. The Kier molecular flexibility index (Phi) is 3.98. The van der Waals surface area contributed by atoms with Gasteiger partial charge in [-0.05, 0) is 49.8 Å². The second kappa shape index (κ2) is 5.76. The van der Waals surface area contributed by atoms with Gasteiger partial charge in [0.05, 0.1) is 0 Å². The topological polar surface area (TPSA) is 40.5 Å². The van der Waals surface area contributed by atoms with Crippen LogP contribution in [0.3, 0.4) is 0 Å². The summed E-state index contributed by atoms with van der Waals surface area (Å²) in [6.45, 7) is 2.00. The Morgan fingerprint density at radius 3 is 2.86 bits per heavy atom. The molecule has 1 saturated heterocycles. The summed E-state index contributed by atoms with van der Waals surface area (Å²) >= 11 is 0. The second-order valence-electron chi connectivity index (χ2n) is 6.38. The van der Waals surface area contributed by atoms with E-state index in [0.29, 0.717) is 12.0 Å². The Balaban J connectivity index is 1.90.